The summed E-state index contributed by atoms with van der Waals surface area (Å²) in [6.45, 7) is 1.79. The van der Waals surface area contributed by atoms with Crippen molar-refractivity contribution in [2.24, 2.45) is 0 Å². The molecule has 0 bridgehead atoms. The Labute approximate surface area is 99.6 Å². The molecule has 0 amide bonds. The van der Waals surface area contributed by atoms with E-state index in [1.54, 1.807) is 0 Å². The molecule has 17 heavy (non-hydrogen) atoms. The summed E-state index contributed by atoms with van der Waals surface area (Å²) in [6, 6.07) is 6.10. The van der Waals surface area contributed by atoms with Crippen LogP contribution < -0.4 is 5.32 Å². The smallest absolute Gasteiger partial charge is 0.123 e. The second-order valence-electron chi connectivity index (χ2n) is 3.43. The fourth-order valence-corrected chi connectivity index (χ4v) is 1.35. The Morgan fingerprint density at radius 2 is 2.24 bits per heavy atom. The second-order valence-corrected chi connectivity index (χ2v) is 3.43. The minimum atomic E-state index is -0.350. The lowest BCUT2D eigenvalue weighted by atomic mass is 10.1. The van der Waals surface area contributed by atoms with Gasteiger partial charge in [-0.2, -0.15) is 5.26 Å². The molecule has 92 valence electrons. The standard InChI is InChI=1S/C12H15FN2O2/c13-12-2-1-10(8-14)11(7-12)9-15-3-5-17-6-4-16/h1-2,7,15-16H,3-6,9H2. The van der Waals surface area contributed by atoms with Gasteiger partial charge in [-0.1, -0.05) is 0 Å². The van der Waals surface area contributed by atoms with Crippen molar-refractivity contribution in [3.05, 3.63) is 35.1 Å². The highest BCUT2D eigenvalue weighted by molar-refractivity contribution is 5.37. The van der Waals surface area contributed by atoms with Crippen LogP contribution in [0.2, 0.25) is 0 Å². The van der Waals surface area contributed by atoms with E-state index in [1.807, 2.05) is 6.07 Å². The fourth-order valence-electron chi connectivity index (χ4n) is 1.35. The van der Waals surface area contributed by atoms with Crippen molar-refractivity contribution in [3.63, 3.8) is 0 Å². The predicted molar refractivity (Wildman–Crippen MR) is 60.7 cm³/mol. The van der Waals surface area contributed by atoms with Crippen LogP contribution in [0.15, 0.2) is 18.2 Å². The van der Waals surface area contributed by atoms with E-state index < -0.39 is 0 Å². The summed E-state index contributed by atoms with van der Waals surface area (Å²) in [5, 5.41) is 20.3. The quantitative estimate of drug-likeness (QED) is 0.689. The van der Waals surface area contributed by atoms with Gasteiger partial charge in [0.15, 0.2) is 0 Å². The zero-order valence-electron chi connectivity index (χ0n) is 9.45. The van der Waals surface area contributed by atoms with Gasteiger partial charge in [-0.15, -0.1) is 0 Å². The van der Waals surface area contributed by atoms with Crippen LogP contribution in [0.3, 0.4) is 0 Å². The molecule has 0 aliphatic rings. The molecule has 0 saturated heterocycles. The Morgan fingerprint density at radius 3 is 2.94 bits per heavy atom. The van der Waals surface area contributed by atoms with Crippen LogP contribution in [0.4, 0.5) is 4.39 Å². The van der Waals surface area contributed by atoms with Crippen LogP contribution in [0.25, 0.3) is 0 Å². The molecule has 0 aliphatic carbocycles. The monoisotopic (exact) mass is 238 g/mol. The molecule has 0 fully saturated rings. The van der Waals surface area contributed by atoms with Gasteiger partial charge in [-0.05, 0) is 23.8 Å². The molecule has 5 heteroatoms. The first kappa shape index (κ1) is 13.6. The van der Waals surface area contributed by atoms with E-state index in [0.29, 0.717) is 37.4 Å². The lowest BCUT2D eigenvalue weighted by Gasteiger charge is -2.07. The van der Waals surface area contributed by atoms with E-state index in [2.05, 4.69) is 5.32 Å². The van der Waals surface area contributed by atoms with Gasteiger partial charge in [0.25, 0.3) is 0 Å². The average Bonchev–Trinajstić information content (AvgIpc) is 2.34. The maximum Gasteiger partial charge on any atom is 0.123 e. The molecule has 1 aromatic carbocycles. The number of hydrogen-bond acceptors (Lipinski definition) is 4. The van der Waals surface area contributed by atoms with E-state index in [1.165, 1.54) is 18.2 Å². The lowest BCUT2D eigenvalue weighted by Crippen LogP contribution is -2.20. The second kappa shape index (κ2) is 7.74. The van der Waals surface area contributed by atoms with Crippen molar-refractivity contribution in [2.75, 3.05) is 26.4 Å². The van der Waals surface area contributed by atoms with Gasteiger partial charge in [-0.25, -0.2) is 4.39 Å². The molecule has 0 aromatic heterocycles. The Hall–Kier alpha value is -1.48. The van der Waals surface area contributed by atoms with Crippen molar-refractivity contribution in [1.29, 1.82) is 5.26 Å². The highest BCUT2D eigenvalue weighted by atomic mass is 19.1. The van der Waals surface area contributed by atoms with E-state index in [9.17, 15) is 4.39 Å². The Balaban J connectivity index is 2.36. The summed E-state index contributed by atoms with van der Waals surface area (Å²) in [7, 11) is 0. The lowest BCUT2D eigenvalue weighted by molar-refractivity contribution is 0.0938. The molecule has 0 heterocycles. The Bertz CT molecular complexity index is 391. The predicted octanol–water partition coefficient (Wildman–Crippen LogP) is 0.796. The van der Waals surface area contributed by atoms with E-state index in [0.717, 1.165) is 0 Å². The first-order valence-electron chi connectivity index (χ1n) is 5.35. The number of ether oxygens (including phenoxy) is 1. The number of nitriles is 1. The normalized spacial score (nSPS) is 10.2. The number of halogens is 1. The number of nitrogens with zero attached hydrogens (tertiary/aromatic N) is 1. The Kier molecular flexibility index (Phi) is 6.18. The zero-order valence-corrected chi connectivity index (χ0v) is 9.45. The molecule has 4 nitrogen and oxygen atoms in total. The summed E-state index contributed by atoms with van der Waals surface area (Å²) in [4.78, 5) is 0. The largest absolute Gasteiger partial charge is 0.394 e. The van der Waals surface area contributed by atoms with Crippen molar-refractivity contribution in [1.82, 2.24) is 5.32 Å². The van der Waals surface area contributed by atoms with E-state index >= 15 is 0 Å². The van der Waals surface area contributed by atoms with Crippen LogP contribution in [-0.2, 0) is 11.3 Å². The summed E-state index contributed by atoms with van der Waals surface area (Å²) < 4.78 is 18.0. The molecule has 0 atom stereocenters. The minimum absolute atomic E-state index is 0.00246. The molecule has 0 saturated carbocycles. The van der Waals surface area contributed by atoms with Gasteiger partial charge in [0.05, 0.1) is 31.5 Å². The number of nitrogens with one attached hydrogen (secondary N) is 1. The van der Waals surface area contributed by atoms with Gasteiger partial charge in [0, 0.05) is 13.1 Å². The SMILES string of the molecule is N#Cc1ccc(F)cc1CNCCOCCO. The highest BCUT2D eigenvalue weighted by Gasteiger charge is 2.02. The third-order valence-corrected chi connectivity index (χ3v) is 2.16. The van der Waals surface area contributed by atoms with Gasteiger partial charge in [0.1, 0.15) is 5.82 Å². The fraction of sp³-hybridized carbons (Fsp3) is 0.417. The molecular weight excluding hydrogens is 223 g/mol. The first-order chi connectivity index (χ1) is 8.27. The maximum atomic E-state index is 13.0. The van der Waals surface area contributed by atoms with Crippen LogP contribution in [0.1, 0.15) is 11.1 Å². The summed E-state index contributed by atoms with van der Waals surface area (Å²) in [5.41, 5.74) is 1.10. The van der Waals surface area contributed by atoms with Crippen LogP contribution >= 0.6 is 0 Å². The molecule has 0 radical (unpaired) electrons. The van der Waals surface area contributed by atoms with Crippen molar-refractivity contribution < 1.29 is 14.2 Å². The molecule has 1 aromatic rings. The van der Waals surface area contributed by atoms with Crippen LogP contribution in [0, 0.1) is 17.1 Å². The van der Waals surface area contributed by atoms with Gasteiger partial charge < -0.3 is 15.2 Å². The molecular formula is C12H15FN2O2. The number of rotatable bonds is 7. The van der Waals surface area contributed by atoms with Gasteiger partial charge >= 0.3 is 0 Å². The molecule has 0 aliphatic heterocycles. The Morgan fingerprint density at radius 1 is 1.41 bits per heavy atom. The van der Waals surface area contributed by atoms with Crippen LogP contribution in [-0.4, -0.2) is 31.5 Å². The van der Waals surface area contributed by atoms with E-state index in [4.69, 9.17) is 15.1 Å². The number of aliphatic hydroxyl groups is 1. The molecule has 2 N–H and O–H groups in total. The van der Waals surface area contributed by atoms with Crippen molar-refractivity contribution in [2.45, 2.75) is 6.54 Å². The number of hydrogen-bond donors (Lipinski definition) is 2. The first-order valence-corrected chi connectivity index (χ1v) is 5.35. The molecule has 0 unspecified atom stereocenters. The van der Waals surface area contributed by atoms with Gasteiger partial charge in [-0.3, -0.25) is 0 Å². The topological polar surface area (TPSA) is 65.3 Å². The highest BCUT2D eigenvalue weighted by Crippen LogP contribution is 2.09. The van der Waals surface area contributed by atoms with Crippen molar-refractivity contribution >= 4 is 0 Å². The minimum Gasteiger partial charge on any atom is -0.394 e. The summed E-state index contributed by atoms with van der Waals surface area (Å²) in [6.07, 6.45) is 0. The average molecular weight is 238 g/mol. The van der Waals surface area contributed by atoms with Crippen molar-refractivity contribution in [3.8, 4) is 6.07 Å². The van der Waals surface area contributed by atoms with Crippen LogP contribution in [0.5, 0.6) is 0 Å². The number of benzene rings is 1. The van der Waals surface area contributed by atoms with Gasteiger partial charge in [0.2, 0.25) is 0 Å². The summed E-state index contributed by atoms with van der Waals surface area (Å²) >= 11 is 0. The van der Waals surface area contributed by atoms with E-state index in [-0.39, 0.29) is 12.4 Å². The third-order valence-electron chi connectivity index (χ3n) is 2.16. The maximum absolute atomic E-state index is 13.0. The summed E-state index contributed by atoms with van der Waals surface area (Å²) in [5.74, 6) is -0.350. The number of aliphatic hydroxyl groups excluding tert-OH is 1. The molecule has 0 spiro atoms. The third kappa shape index (κ3) is 4.91. The zero-order chi connectivity index (χ0) is 12.5. The molecule has 1 rings (SSSR count).